The van der Waals surface area contributed by atoms with E-state index in [1.54, 1.807) is 21.3 Å². The molecule has 0 saturated carbocycles. The lowest BCUT2D eigenvalue weighted by Gasteiger charge is -2.37. The minimum Gasteiger partial charge on any atom is -0.493 e. The minimum absolute atomic E-state index is 0.0199. The van der Waals surface area contributed by atoms with Crippen LogP contribution in [-0.4, -0.2) is 46.3 Å². The Kier molecular flexibility index (Phi) is 7.79. The number of hydrogen-bond acceptors (Lipinski definition) is 7. The summed E-state index contributed by atoms with van der Waals surface area (Å²) in [5, 5.41) is 3.39. The molecule has 0 saturated heterocycles. The molecule has 0 spiro atoms. The van der Waals surface area contributed by atoms with Gasteiger partial charge in [0.05, 0.1) is 26.4 Å². The maximum absolute atomic E-state index is 13.8. The average Bonchev–Trinajstić information content (AvgIpc) is 2.87. The molecule has 7 nitrogen and oxygen atoms in total. The van der Waals surface area contributed by atoms with Gasteiger partial charge in [0.2, 0.25) is 0 Å². The fraction of sp³-hybridized carbons (Fsp3) is 0.379. The highest BCUT2D eigenvalue weighted by Crippen LogP contribution is 2.47. The molecule has 0 unspecified atom stereocenters. The second-order valence-corrected chi connectivity index (χ2v) is 9.12. The first-order chi connectivity index (χ1) is 17.4. The third kappa shape index (κ3) is 4.88. The topological polar surface area (TPSA) is 83.1 Å². The third-order valence-corrected chi connectivity index (χ3v) is 6.95. The van der Waals surface area contributed by atoms with Gasteiger partial charge < -0.3 is 24.3 Å². The lowest BCUT2D eigenvalue weighted by Crippen LogP contribution is -2.36. The number of benzene rings is 2. The number of ether oxygens (including phenoxy) is 4. The Morgan fingerprint density at radius 1 is 0.972 bits per heavy atom. The fourth-order valence-corrected chi connectivity index (χ4v) is 5.17. The van der Waals surface area contributed by atoms with Crippen LogP contribution in [0.1, 0.15) is 48.3 Å². The van der Waals surface area contributed by atoms with E-state index in [0.717, 1.165) is 22.4 Å². The summed E-state index contributed by atoms with van der Waals surface area (Å²) in [4.78, 5) is 27.0. The number of hydrogen-bond donors (Lipinski definition) is 1. The van der Waals surface area contributed by atoms with Crippen molar-refractivity contribution in [2.75, 3.05) is 34.5 Å². The standard InChI is InChI=1S/C29H33NO6/c1-17-8-6-7-9-21(17)27-26(29(32)36-13-12-33-3)18(2)30-22-14-20(15-23(31)28(22)27)19-10-11-24(34-4)25(16-19)35-5/h6-11,16,20,27,30H,12-15H2,1-5H3/t20-,27+/m1/s1. The number of ketones is 1. The number of nitrogens with one attached hydrogen (secondary N) is 1. The highest BCUT2D eigenvalue weighted by Gasteiger charge is 2.42. The molecule has 1 heterocycles. The van der Waals surface area contributed by atoms with Crippen LogP contribution in [0.3, 0.4) is 0 Å². The van der Waals surface area contributed by atoms with Crippen molar-refractivity contribution in [1.29, 1.82) is 0 Å². The van der Waals surface area contributed by atoms with Gasteiger partial charge in [-0.3, -0.25) is 4.79 Å². The summed E-state index contributed by atoms with van der Waals surface area (Å²) >= 11 is 0. The van der Waals surface area contributed by atoms with Gasteiger partial charge in [0.15, 0.2) is 17.3 Å². The molecule has 4 rings (SSSR count). The van der Waals surface area contributed by atoms with Crippen molar-refractivity contribution in [1.82, 2.24) is 5.32 Å². The highest BCUT2D eigenvalue weighted by atomic mass is 16.6. The van der Waals surface area contributed by atoms with Gasteiger partial charge in [-0.15, -0.1) is 0 Å². The van der Waals surface area contributed by atoms with Gasteiger partial charge in [-0.05, 0) is 55.0 Å². The Morgan fingerprint density at radius 3 is 2.42 bits per heavy atom. The molecule has 2 aromatic rings. The van der Waals surface area contributed by atoms with Gasteiger partial charge in [0.25, 0.3) is 0 Å². The number of Topliss-reactive ketones (excluding diaryl/α,β-unsaturated/α-hetero) is 1. The Balaban J connectivity index is 1.75. The highest BCUT2D eigenvalue weighted by molar-refractivity contribution is 6.04. The lowest BCUT2D eigenvalue weighted by molar-refractivity contribution is -0.140. The first kappa shape index (κ1) is 25.5. The van der Waals surface area contributed by atoms with Crippen molar-refractivity contribution in [2.45, 2.75) is 38.5 Å². The first-order valence-corrected chi connectivity index (χ1v) is 12.1. The molecule has 1 aliphatic heterocycles. The number of carbonyl (C=O) groups is 2. The molecule has 190 valence electrons. The first-order valence-electron chi connectivity index (χ1n) is 12.1. The second-order valence-electron chi connectivity index (χ2n) is 9.12. The molecule has 2 aromatic carbocycles. The summed E-state index contributed by atoms with van der Waals surface area (Å²) in [6.07, 6.45) is 0.978. The van der Waals surface area contributed by atoms with Crippen LogP contribution in [0.15, 0.2) is 65.0 Å². The zero-order chi connectivity index (χ0) is 25.8. The minimum atomic E-state index is -0.489. The molecule has 1 N–H and O–H groups in total. The van der Waals surface area contributed by atoms with E-state index in [-0.39, 0.29) is 18.3 Å². The van der Waals surface area contributed by atoms with E-state index in [9.17, 15) is 9.59 Å². The van der Waals surface area contributed by atoms with Crippen molar-refractivity contribution in [3.8, 4) is 11.5 Å². The molecule has 0 fully saturated rings. The summed E-state index contributed by atoms with van der Waals surface area (Å²) < 4.78 is 21.4. The van der Waals surface area contributed by atoms with E-state index in [0.29, 0.717) is 47.8 Å². The van der Waals surface area contributed by atoms with Crippen LogP contribution in [-0.2, 0) is 19.1 Å². The quantitative estimate of drug-likeness (QED) is 0.428. The van der Waals surface area contributed by atoms with Gasteiger partial charge in [0, 0.05) is 36.4 Å². The predicted molar refractivity (Wildman–Crippen MR) is 136 cm³/mol. The average molecular weight is 492 g/mol. The maximum Gasteiger partial charge on any atom is 0.336 e. The fourth-order valence-electron chi connectivity index (χ4n) is 5.17. The molecule has 7 heteroatoms. The molecule has 2 atom stereocenters. The summed E-state index contributed by atoms with van der Waals surface area (Å²) in [6, 6.07) is 13.7. The van der Waals surface area contributed by atoms with Crippen molar-refractivity contribution >= 4 is 11.8 Å². The number of methoxy groups -OCH3 is 3. The predicted octanol–water partition coefficient (Wildman–Crippen LogP) is 4.56. The largest absolute Gasteiger partial charge is 0.493 e. The van der Waals surface area contributed by atoms with Crippen LogP contribution in [0.5, 0.6) is 11.5 Å². The summed E-state index contributed by atoms with van der Waals surface area (Å²) in [5.74, 6) is 0.349. The van der Waals surface area contributed by atoms with E-state index in [1.807, 2.05) is 56.3 Å². The van der Waals surface area contributed by atoms with Crippen molar-refractivity contribution in [3.05, 3.63) is 81.7 Å². The second kappa shape index (κ2) is 11.0. The van der Waals surface area contributed by atoms with Gasteiger partial charge in [-0.2, -0.15) is 0 Å². The van der Waals surface area contributed by atoms with Crippen molar-refractivity contribution < 1.29 is 28.5 Å². The Morgan fingerprint density at radius 2 is 1.72 bits per heavy atom. The van der Waals surface area contributed by atoms with Gasteiger partial charge in [0.1, 0.15) is 6.61 Å². The molecule has 0 aromatic heterocycles. The van der Waals surface area contributed by atoms with Crippen LogP contribution in [0.4, 0.5) is 0 Å². The lowest BCUT2D eigenvalue weighted by atomic mass is 9.71. The molecular formula is C29H33NO6. The zero-order valence-electron chi connectivity index (χ0n) is 21.5. The molecule has 0 bridgehead atoms. The molecule has 2 aliphatic rings. The van der Waals surface area contributed by atoms with E-state index in [4.69, 9.17) is 18.9 Å². The monoisotopic (exact) mass is 491 g/mol. The van der Waals surface area contributed by atoms with Crippen LogP contribution in [0.25, 0.3) is 0 Å². The van der Waals surface area contributed by atoms with Crippen LogP contribution < -0.4 is 14.8 Å². The summed E-state index contributed by atoms with van der Waals surface area (Å²) in [7, 11) is 4.76. The smallest absolute Gasteiger partial charge is 0.336 e. The summed E-state index contributed by atoms with van der Waals surface area (Å²) in [6.45, 7) is 4.32. The van der Waals surface area contributed by atoms with E-state index >= 15 is 0 Å². The van der Waals surface area contributed by atoms with E-state index in [2.05, 4.69) is 5.32 Å². The van der Waals surface area contributed by atoms with Crippen LogP contribution >= 0.6 is 0 Å². The van der Waals surface area contributed by atoms with Gasteiger partial charge >= 0.3 is 5.97 Å². The molecule has 36 heavy (non-hydrogen) atoms. The molecule has 0 amide bonds. The maximum atomic E-state index is 13.8. The third-order valence-electron chi connectivity index (χ3n) is 6.95. The number of esters is 1. The van der Waals surface area contributed by atoms with Crippen LogP contribution in [0.2, 0.25) is 0 Å². The summed E-state index contributed by atoms with van der Waals surface area (Å²) in [5.41, 5.74) is 5.62. The van der Waals surface area contributed by atoms with Crippen LogP contribution in [0, 0.1) is 6.92 Å². The van der Waals surface area contributed by atoms with E-state index in [1.165, 1.54) is 0 Å². The SMILES string of the molecule is COCCOC(=O)C1=C(C)NC2=C(C(=O)C[C@H](c3ccc(OC)c(OC)c3)C2)[C@H]1c1ccccc1C. The number of aryl methyl sites for hydroxylation is 1. The molecule has 0 radical (unpaired) electrons. The molecule has 1 aliphatic carbocycles. The Hall–Kier alpha value is -3.58. The van der Waals surface area contributed by atoms with E-state index < -0.39 is 11.9 Å². The number of dihydropyridines is 1. The van der Waals surface area contributed by atoms with Crippen molar-refractivity contribution in [2.24, 2.45) is 0 Å². The van der Waals surface area contributed by atoms with Gasteiger partial charge in [-0.25, -0.2) is 4.79 Å². The Labute approximate surface area is 212 Å². The Bertz CT molecular complexity index is 1230. The van der Waals surface area contributed by atoms with Gasteiger partial charge in [-0.1, -0.05) is 30.3 Å². The number of allylic oxidation sites excluding steroid dienone is 3. The van der Waals surface area contributed by atoms with Crippen molar-refractivity contribution in [3.63, 3.8) is 0 Å². The number of rotatable bonds is 8. The molecular weight excluding hydrogens is 458 g/mol. The zero-order valence-corrected chi connectivity index (χ0v) is 21.5. The normalized spacial score (nSPS) is 19.5. The number of carbonyl (C=O) groups excluding carboxylic acids is 2.